The van der Waals surface area contributed by atoms with Crippen molar-refractivity contribution in [2.45, 2.75) is 38.0 Å². The third-order valence-corrected chi connectivity index (χ3v) is 4.24. The van der Waals surface area contributed by atoms with Crippen molar-refractivity contribution in [3.05, 3.63) is 52.5 Å². The lowest BCUT2D eigenvalue weighted by molar-refractivity contribution is 0.0690. The number of aromatic carboxylic acids is 1. The average molecular weight is 302 g/mol. The number of nitrogens with zero attached hydrogens (tertiary/aromatic N) is 2. The molecule has 0 spiro atoms. The first-order valence-corrected chi connectivity index (χ1v) is 7.79. The molecule has 1 aromatic heterocycles. The first-order valence-electron chi connectivity index (χ1n) is 6.80. The molecule has 0 bridgehead atoms. The number of carbonyl (C=O) groups is 1. The highest BCUT2D eigenvalue weighted by Crippen LogP contribution is 2.26. The first kappa shape index (κ1) is 15.5. The molecule has 4 nitrogen and oxygen atoms in total. The summed E-state index contributed by atoms with van der Waals surface area (Å²) < 4.78 is 0. The molecule has 0 aliphatic heterocycles. The van der Waals surface area contributed by atoms with Crippen LogP contribution in [0.5, 0.6) is 0 Å². The Morgan fingerprint density at radius 3 is 2.33 bits per heavy atom. The van der Waals surface area contributed by atoms with Gasteiger partial charge in [0.25, 0.3) is 0 Å². The Hall–Kier alpha value is -1.88. The normalized spacial score (nSPS) is 10.6. The van der Waals surface area contributed by atoms with Crippen LogP contribution in [0.3, 0.4) is 0 Å². The minimum Gasteiger partial charge on any atom is -0.478 e. The lowest BCUT2D eigenvalue weighted by Gasteiger charge is -2.09. The van der Waals surface area contributed by atoms with Crippen molar-refractivity contribution in [3.63, 3.8) is 0 Å². The summed E-state index contributed by atoms with van der Waals surface area (Å²) in [6.45, 7) is 5.60. The topological polar surface area (TPSA) is 63.1 Å². The van der Waals surface area contributed by atoms with Crippen LogP contribution in [0.1, 0.15) is 39.9 Å². The molecule has 0 unspecified atom stereocenters. The number of benzene rings is 1. The molecule has 1 N–H and O–H groups in total. The highest BCUT2D eigenvalue weighted by molar-refractivity contribution is 7.98. The predicted octanol–water partition coefficient (Wildman–Crippen LogP) is 3.65. The number of aryl methyl sites for hydroxylation is 3. The fourth-order valence-electron chi connectivity index (χ4n) is 2.05. The van der Waals surface area contributed by atoms with E-state index in [4.69, 9.17) is 0 Å². The van der Waals surface area contributed by atoms with Crippen molar-refractivity contribution in [3.8, 4) is 0 Å². The number of aromatic nitrogens is 2. The van der Waals surface area contributed by atoms with Gasteiger partial charge in [-0.25, -0.2) is 14.8 Å². The smallest absolute Gasteiger partial charge is 0.340 e. The molecule has 2 aromatic rings. The Morgan fingerprint density at radius 2 is 1.76 bits per heavy atom. The van der Waals surface area contributed by atoms with E-state index in [2.05, 4.69) is 41.2 Å². The Morgan fingerprint density at radius 1 is 1.14 bits per heavy atom. The van der Waals surface area contributed by atoms with Crippen LogP contribution in [0.4, 0.5) is 0 Å². The van der Waals surface area contributed by atoms with Gasteiger partial charge in [0, 0.05) is 5.75 Å². The van der Waals surface area contributed by atoms with Gasteiger partial charge in [0.1, 0.15) is 16.4 Å². The zero-order chi connectivity index (χ0) is 15.4. The molecule has 1 heterocycles. The lowest BCUT2D eigenvalue weighted by atomic mass is 10.1. The van der Waals surface area contributed by atoms with Crippen molar-refractivity contribution in [1.82, 2.24) is 9.97 Å². The SMILES string of the molecule is CCc1ccc(CSc2nc(C)nc(C)c2C(=O)O)cc1. The van der Waals surface area contributed by atoms with E-state index < -0.39 is 5.97 Å². The third-order valence-electron chi connectivity index (χ3n) is 3.19. The van der Waals surface area contributed by atoms with E-state index in [0.29, 0.717) is 22.3 Å². The molecule has 1 aromatic carbocycles. The van der Waals surface area contributed by atoms with Crippen molar-refractivity contribution >= 4 is 17.7 Å². The highest BCUT2D eigenvalue weighted by atomic mass is 32.2. The second-order valence-corrected chi connectivity index (χ2v) is 5.76. The zero-order valence-corrected chi connectivity index (χ0v) is 13.2. The molecule has 21 heavy (non-hydrogen) atoms. The summed E-state index contributed by atoms with van der Waals surface area (Å²) in [6.07, 6.45) is 1.01. The maximum atomic E-state index is 11.4. The van der Waals surface area contributed by atoms with Gasteiger partial charge in [-0.3, -0.25) is 0 Å². The molecule has 110 valence electrons. The molecular formula is C16H18N2O2S. The molecule has 0 radical (unpaired) electrons. The van der Waals surface area contributed by atoms with E-state index in [0.717, 1.165) is 12.0 Å². The number of rotatable bonds is 5. The van der Waals surface area contributed by atoms with Gasteiger partial charge in [0.15, 0.2) is 0 Å². The van der Waals surface area contributed by atoms with Gasteiger partial charge in [0.2, 0.25) is 0 Å². The minimum atomic E-state index is -0.976. The van der Waals surface area contributed by atoms with Gasteiger partial charge < -0.3 is 5.11 Å². The van der Waals surface area contributed by atoms with Gasteiger partial charge in [-0.15, -0.1) is 11.8 Å². The van der Waals surface area contributed by atoms with Crippen LogP contribution in [-0.2, 0) is 12.2 Å². The summed E-state index contributed by atoms with van der Waals surface area (Å²) in [5, 5.41) is 9.84. The quantitative estimate of drug-likeness (QED) is 0.674. The van der Waals surface area contributed by atoms with Crippen molar-refractivity contribution in [1.29, 1.82) is 0 Å². The van der Waals surface area contributed by atoms with Crippen LogP contribution >= 0.6 is 11.8 Å². The molecular weight excluding hydrogens is 284 g/mol. The summed E-state index contributed by atoms with van der Waals surface area (Å²) in [6, 6.07) is 8.36. The number of carboxylic acid groups (broad SMARTS) is 1. The Labute approximate surface area is 128 Å². The van der Waals surface area contributed by atoms with Crippen molar-refractivity contribution < 1.29 is 9.90 Å². The molecule has 0 fully saturated rings. The standard InChI is InChI=1S/C16H18N2O2S/c1-4-12-5-7-13(8-6-12)9-21-15-14(16(19)20)10(2)17-11(3)18-15/h5-8H,4,9H2,1-3H3,(H,19,20). The van der Waals surface area contributed by atoms with Gasteiger partial charge in [-0.2, -0.15) is 0 Å². The molecule has 0 saturated heterocycles. The van der Waals surface area contributed by atoms with E-state index in [1.807, 2.05) is 0 Å². The molecule has 0 atom stereocenters. The molecule has 5 heteroatoms. The van der Waals surface area contributed by atoms with E-state index in [9.17, 15) is 9.90 Å². The van der Waals surface area contributed by atoms with Crippen LogP contribution in [-0.4, -0.2) is 21.0 Å². The fraction of sp³-hybridized carbons (Fsp3) is 0.312. The second kappa shape index (κ2) is 6.72. The number of carboxylic acids is 1. The Balaban J connectivity index is 2.20. The van der Waals surface area contributed by atoms with Crippen LogP contribution in [0.25, 0.3) is 0 Å². The summed E-state index contributed by atoms with van der Waals surface area (Å²) in [5.41, 5.74) is 3.17. The molecule has 0 saturated carbocycles. The predicted molar refractivity (Wildman–Crippen MR) is 83.8 cm³/mol. The maximum absolute atomic E-state index is 11.4. The van der Waals surface area contributed by atoms with E-state index in [1.54, 1.807) is 13.8 Å². The Bertz CT molecular complexity index is 654. The number of thioether (sulfide) groups is 1. The summed E-state index contributed by atoms with van der Waals surface area (Å²) >= 11 is 1.44. The minimum absolute atomic E-state index is 0.204. The van der Waals surface area contributed by atoms with Crippen molar-refractivity contribution in [2.24, 2.45) is 0 Å². The lowest BCUT2D eigenvalue weighted by Crippen LogP contribution is -2.08. The Kier molecular flexibility index (Phi) is 4.96. The molecule has 0 aliphatic rings. The van der Waals surface area contributed by atoms with E-state index in [-0.39, 0.29) is 5.56 Å². The van der Waals surface area contributed by atoms with Crippen molar-refractivity contribution in [2.75, 3.05) is 0 Å². The monoisotopic (exact) mass is 302 g/mol. The van der Waals surface area contributed by atoms with Crippen LogP contribution in [0.2, 0.25) is 0 Å². The van der Waals surface area contributed by atoms with Crippen LogP contribution in [0, 0.1) is 13.8 Å². The summed E-state index contributed by atoms with van der Waals surface area (Å²) in [5.74, 6) is 0.317. The molecule has 0 aliphatic carbocycles. The second-order valence-electron chi connectivity index (χ2n) is 4.80. The van der Waals surface area contributed by atoms with Gasteiger partial charge in [-0.05, 0) is 31.4 Å². The third kappa shape index (κ3) is 3.82. The van der Waals surface area contributed by atoms with E-state index in [1.165, 1.54) is 17.3 Å². The van der Waals surface area contributed by atoms with Gasteiger partial charge >= 0.3 is 5.97 Å². The molecule has 2 rings (SSSR count). The summed E-state index contributed by atoms with van der Waals surface area (Å²) in [7, 11) is 0. The molecule has 0 amide bonds. The largest absolute Gasteiger partial charge is 0.478 e. The fourth-order valence-corrected chi connectivity index (χ4v) is 3.13. The first-order chi connectivity index (χ1) is 10.0. The van der Waals surface area contributed by atoms with Crippen LogP contribution < -0.4 is 0 Å². The van der Waals surface area contributed by atoms with Gasteiger partial charge in [0.05, 0.1) is 5.69 Å². The average Bonchev–Trinajstić information content (AvgIpc) is 2.44. The number of hydrogen-bond donors (Lipinski definition) is 1. The summed E-state index contributed by atoms with van der Waals surface area (Å²) in [4.78, 5) is 19.8. The number of hydrogen-bond acceptors (Lipinski definition) is 4. The van der Waals surface area contributed by atoms with Gasteiger partial charge in [-0.1, -0.05) is 31.2 Å². The van der Waals surface area contributed by atoms with E-state index >= 15 is 0 Å². The maximum Gasteiger partial charge on any atom is 0.340 e. The van der Waals surface area contributed by atoms with Crippen LogP contribution in [0.15, 0.2) is 29.3 Å². The highest BCUT2D eigenvalue weighted by Gasteiger charge is 2.17. The zero-order valence-electron chi connectivity index (χ0n) is 12.4.